The normalized spacial score (nSPS) is 10.3. The van der Waals surface area contributed by atoms with Gasteiger partial charge in [0.05, 0.1) is 18.1 Å². The smallest absolute Gasteiger partial charge is 0.180 e. The Balaban J connectivity index is 1.46. The molecule has 0 radical (unpaired) electrons. The third-order valence-electron chi connectivity index (χ3n) is 3.36. The molecule has 0 amide bonds. The molecule has 0 saturated heterocycles. The maximum absolute atomic E-state index is 5.67. The summed E-state index contributed by atoms with van der Waals surface area (Å²) in [5, 5.41) is 11.1. The molecule has 0 unspecified atom stereocenters. The number of benzene rings is 2. The molecule has 1 aromatic heterocycles. The molecule has 0 aliphatic rings. The number of ether oxygens (including phenoxy) is 1. The van der Waals surface area contributed by atoms with E-state index in [9.17, 15) is 0 Å². The number of anilines is 1. The summed E-state index contributed by atoms with van der Waals surface area (Å²) >= 11 is 8.70. The van der Waals surface area contributed by atoms with Crippen LogP contribution in [0.4, 0.5) is 5.69 Å². The van der Waals surface area contributed by atoms with E-state index in [4.69, 9.17) is 17.0 Å². The van der Waals surface area contributed by atoms with Gasteiger partial charge < -0.3 is 15.4 Å². The lowest BCUT2D eigenvalue weighted by Crippen LogP contribution is -2.27. The Hall–Kier alpha value is -2.38. The van der Waals surface area contributed by atoms with Crippen molar-refractivity contribution in [1.82, 2.24) is 15.1 Å². The van der Waals surface area contributed by atoms with Gasteiger partial charge in [0.2, 0.25) is 0 Å². The van der Waals surface area contributed by atoms with E-state index in [1.807, 2.05) is 60.8 Å². The molecule has 128 valence electrons. The van der Waals surface area contributed by atoms with Crippen molar-refractivity contribution in [3.63, 3.8) is 0 Å². The predicted octanol–water partition coefficient (Wildman–Crippen LogP) is 4.17. The minimum atomic E-state index is 0.327. The zero-order valence-electron chi connectivity index (χ0n) is 13.4. The lowest BCUT2D eigenvalue weighted by Gasteiger charge is -2.09. The quantitative estimate of drug-likeness (QED) is 0.590. The van der Waals surface area contributed by atoms with Gasteiger partial charge >= 0.3 is 0 Å². The summed E-state index contributed by atoms with van der Waals surface area (Å²) in [6.07, 6.45) is 3.55. The molecule has 2 aromatic carbocycles. The van der Waals surface area contributed by atoms with Gasteiger partial charge in [0.15, 0.2) is 11.8 Å². The van der Waals surface area contributed by atoms with Crippen molar-refractivity contribution in [1.29, 1.82) is 0 Å². The molecule has 0 atom stereocenters. The number of nitrogens with zero attached hydrogens (tertiary/aromatic N) is 2. The lowest BCUT2D eigenvalue weighted by atomic mass is 10.2. The highest BCUT2D eigenvalue weighted by molar-refractivity contribution is 9.10. The fourth-order valence-corrected chi connectivity index (χ4v) is 2.58. The predicted molar refractivity (Wildman–Crippen MR) is 106 cm³/mol. The van der Waals surface area contributed by atoms with E-state index in [0.29, 0.717) is 18.4 Å². The summed E-state index contributed by atoms with van der Waals surface area (Å²) in [6, 6.07) is 17.8. The Bertz CT molecular complexity index is 821. The average Bonchev–Trinajstić information content (AvgIpc) is 3.08. The minimum Gasteiger partial charge on any atom is -0.471 e. The van der Waals surface area contributed by atoms with Gasteiger partial charge in [-0.2, -0.15) is 5.10 Å². The molecule has 0 fully saturated rings. The van der Waals surface area contributed by atoms with Gasteiger partial charge in [-0.05, 0) is 42.0 Å². The van der Waals surface area contributed by atoms with E-state index >= 15 is 0 Å². The molecule has 3 rings (SSSR count). The summed E-state index contributed by atoms with van der Waals surface area (Å²) in [7, 11) is 0. The second kappa shape index (κ2) is 8.64. The van der Waals surface area contributed by atoms with Gasteiger partial charge in [-0.25, -0.2) is 4.68 Å². The van der Waals surface area contributed by atoms with Crippen LogP contribution in [0, 0.1) is 0 Å². The maximum atomic E-state index is 5.67. The zero-order valence-corrected chi connectivity index (χ0v) is 15.8. The van der Waals surface area contributed by atoms with E-state index in [1.165, 1.54) is 5.56 Å². The molecule has 1 heterocycles. The number of halogens is 1. The van der Waals surface area contributed by atoms with Crippen LogP contribution in [-0.4, -0.2) is 14.9 Å². The first kappa shape index (κ1) is 17.4. The van der Waals surface area contributed by atoms with Gasteiger partial charge in [-0.3, -0.25) is 0 Å². The molecule has 0 bridgehead atoms. The van der Waals surface area contributed by atoms with Crippen LogP contribution in [-0.2, 0) is 13.3 Å². The van der Waals surface area contributed by atoms with Crippen molar-refractivity contribution in [3.05, 3.63) is 77.0 Å². The largest absolute Gasteiger partial charge is 0.471 e. The van der Waals surface area contributed by atoms with Crippen molar-refractivity contribution < 1.29 is 4.74 Å². The molecule has 0 aliphatic heterocycles. The van der Waals surface area contributed by atoms with Crippen molar-refractivity contribution >= 4 is 38.9 Å². The van der Waals surface area contributed by atoms with E-state index in [2.05, 4.69) is 31.7 Å². The number of hydrogen-bond acceptors (Lipinski definition) is 3. The zero-order chi connectivity index (χ0) is 17.5. The molecule has 0 saturated carbocycles. The number of rotatable bonds is 6. The second-order valence-electron chi connectivity index (χ2n) is 5.29. The average molecular weight is 417 g/mol. The van der Waals surface area contributed by atoms with E-state index in [1.54, 1.807) is 10.9 Å². The van der Waals surface area contributed by atoms with Crippen LogP contribution in [0.5, 0.6) is 5.75 Å². The molecule has 7 heteroatoms. The van der Waals surface area contributed by atoms with Crippen LogP contribution >= 0.6 is 28.1 Å². The molecule has 3 aromatic rings. The molecular weight excluding hydrogens is 400 g/mol. The molecule has 2 N–H and O–H groups in total. The molecule has 25 heavy (non-hydrogen) atoms. The first-order valence-electron chi connectivity index (χ1n) is 7.69. The minimum absolute atomic E-state index is 0.327. The Morgan fingerprint density at radius 2 is 1.88 bits per heavy atom. The number of nitrogens with one attached hydrogen (secondary N) is 2. The standard InChI is InChI=1S/C18H17BrN4OS/c19-15-6-8-17(9-7-15)24-13-23-12-16(11-21-23)22-18(25)20-10-14-4-2-1-3-5-14/h1-9,11-12H,10,13H2,(H2,20,22,25). The molecular formula is C18H17BrN4OS. The van der Waals surface area contributed by atoms with Gasteiger partial charge in [0.25, 0.3) is 0 Å². The number of thiocarbonyl (C=S) groups is 1. The third-order valence-corrected chi connectivity index (χ3v) is 4.14. The van der Waals surface area contributed by atoms with E-state index in [0.717, 1.165) is 15.9 Å². The highest BCUT2D eigenvalue weighted by Crippen LogP contribution is 2.16. The van der Waals surface area contributed by atoms with Gasteiger partial charge in [0.1, 0.15) is 5.75 Å². The third kappa shape index (κ3) is 5.58. The van der Waals surface area contributed by atoms with Crippen LogP contribution in [0.15, 0.2) is 71.5 Å². The van der Waals surface area contributed by atoms with E-state index < -0.39 is 0 Å². The van der Waals surface area contributed by atoms with Crippen molar-refractivity contribution in [2.24, 2.45) is 0 Å². The Labute approximate surface area is 160 Å². The summed E-state index contributed by atoms with van der Waals surface area (Å²) in [5.41, 5.74) is 1.98. The Kier molecular flexibility index (Phi) is 6.03. The topological polar surface area (TPSA) is 51.1 Å². The number of hydrogen-bond donors (Lipinski definition) is 2. The summed E-state index contributed by atoms with van der Waals surface area (Å²) in [5.74, 6) is 0.785. The summed E-state index contributed by atoms with van der Waals surface area (Å²) < 4.78 is 8.39. The molecule has 0 aliphatic carbocycles. The first-order chi connectivity index (χ1) is 12.2. The molecule has 5 nitrogen and oxygen atoms in total. The van der Waals surface area contributed by atoms with Crippen molar-refractivity contribution in [3.8, 4) is 5.75 Å². The SMILES string of the molecule is S=C(NCc1ccccc1)Nc1cnn(COc2ccc(Br)cc2)c1. The monoisotopic (exact) mass is 416 g/mol. The van der Waals surface area contributed by atoms with Crippen molar-refractivity contribution in [2.45, 2.75) is 13.3 Å². The maximum Gasteiger partial charge on any atom is 0.180 e. The fraction of sp³-hybridized carbons (Fsp3) is 0.111. The summed E-state index contributed by atoms with van der Waals surface area (Å²) in [6.45, 7) is 1.00. The fourth-order valence-electron chi connectivity index (χ4n) is 2.12. The highest BCUT2D eigenvalue weighted by Gasteiger charge is 2.02. The van der Waals surface area contributed by atoms with Gasteiger partial charge in [-0.15, -0.1) is 0 Å². The Morgan fingerprint density at radius 1 is 1.12 bits per heavy atom. The van der Waals surface area contributed by atoms with Gasteiger partial charge in [0, 0.05) is 11.0 Å². The number of aromatic nitrogens is 2. The van der Waals surface area contributed by atoms with Crippen LogP contribution < -0.4 is 15.4 Å². The Morgan fingerprint density at radius 3 is 2.64 bits per heavy atom. The van der Waals surface area contributed by atoms with E-state index in [-0.39, 0.29) is 0 Å². The van der Waals surface area contributed by atoms with Crippen LogP contribution in [0.3, 0.4) is 0 Å². The van der Waals surface area contributed by atoms with Gasteiger partial charge in [-0.1, -0.05) is 46.3 Å². The van der Waals surface area contributed by atoms with Crippen LogP contribution in [0.1, 0.15) is 5.56 Å². The summed E-state index contributed by atoms with van der Waals surface area (Å²) in [4.78, 5) is 0. The highest BCUT2D eigenvalue weighted by atomic mass is 79.9. The van der Waals surface area contributed by atoms with Crippen molar-refractivity contribution in [2.75, 3.05) is 5.32 Å². The first-order valence-corrected chi connectivity index (χ1v) is 8.89. The van der Waals surface area contributed by atoms with Crippen LogP contribution in [0.25, 0.3) is 0 Å². The lowest BCUT2D eigenvalue weighted by molar-refractivity contribution is 0.221. The van der Waals surface area contributed by atoms with Crippen LogP contribution in [0.2, 0.25) is 0 Å². The second-order valence-corrected chi connectivity index (χ2v) is 6.61. The molecule has 0 spiro atoms.